The molecule has 0 aromatic carbocycles. The zero-order valence-corrected chi connectivity index (χ0v) is 7.49. The Morgan fingerprint density at radius 1 is 1.46 bits per heavy atom. The van der Waals surface area contributed by atoms with Crippen molar-refractivity contribution in [3.05, 3.63) is 0 Å². The van der Waals surface area contributed by atoms with Crippen LogP contribution in [0.4, 0.5) is 0 Å². The van der Waals surface area contributed by atoms with Crippen LogP contribution in [0.15, 0.2) is 0 Å². The Balaban J connectivity index is 4.26. The number of rotatable bonds is 4. The Morgan fingerprint density at radius 2 is 2.00 bits per heavy atom. The van der Waals surface area contributed by atoms with Crippen LogP contribution in [-0.2, 0) is 19.1 Å². The van der Waals surface area contributed by atoms with E-state index in [9.17, 15) is 14.4 Å². The number of nitrogens with two attached hydrogens (primary N) is 1. The van der Waals surface area contributed by atoms with Gasteiger partial charge in [-0.2, -0.15) is 0 Å². The molecule has 0 saturated heterocycles. The third-order valence-electron chi connectivity index (χ3n) is 1.27. The highest BCUT2D eigenvalue weighted by atomic mass is 16.5. The van der Waals surface area contributed by atoms with Gasteiger partial charge in [0.25, 0.3) is 0 Å². The van der Waals surface area contributed by atoms with Crippen molar-refractivity contribution < 1.29 is 19.1 Å². The molecule has 0 radical (unpaired) electrons. The summed E-state index contributed by atoms with van der Waals surface area (Å²) in [6.07, 6.45) is -0.258. The first-order chi connectivity index (χ1) is 5.97. The number of carbonyl (C=O) groups excluding carboxylic acids is 3. The molecule has 74 valence electrons. The quantitative estimate of drug-likeness (QED) is 0.526. The number of ether oxygens (including phenoxy) is 1. The Bertz CT molecular complexity index is 211. The second-order valence-corrected chi connectivity index (χ2v) is 2.45. The molecule has 0 saturated carbocycles. The molecule has 0 aliphatic carbocycles. The zero-order chi connectivity index (χ0) is 10.4. The monoisotopic (exact) mass is 188 g/mol. The van der Waals surface area contributed by atoms with Crippen LogP contribution < -0.4 is 11.1 Å². The van der Waals surface area contributed by atoms with Crippen molar-refractivity contribution >= 4 is 17.8 Å². The lowest BCUT2D eigenvalue weighted by Crippen LogP contribution is -2.43. The average molecular weight is 188 g/mol. The maximum atomic E-state index is 10.9. The number of esters is 1. The van der Waals surface area contributed by atoms with Gasteiger partial charge in [0, 0.05) is 6.92 Å². The van der Waals surface area contributed by atoms with Gasteiger partial charge in [-0.3, -0.25) is 9.59 Å². The highest BCUT2D eigenvalue weighted by Gasteiger charge is 2.21. The molecule has 0 spiro atoms. The van der Waals surface area contributed by atoms with Gasteiger partial charge in [-0.05, 0) is 0 Å². The number of methoxy groups -OCH3 is 1. The summed E-state index contributed by atoms with van der Waals surface area (Å²) in [7, 11) is 1.16. The summed E-state index contributed by atoms with van der Waals surface area (Å²) < 4.78 is 4.35. The van der Waals surface area contributed by atoms with E-state index in [0.717, 1.165) is 7.11 Å². The maximum Gasteiger partial charge on any atom is 0.328 e. The SMILES string of the molecule is COC(=O)C(CC(N)=O)NC(C)=O. The molecule has 1 unspecified atom stereocenters. The molecule has 13 heavy (non-hydrogen) atoms. The first-order valence-corrected chi connectivity index (χ1v) is 3.60. The Labute approximate surface area is 75.4 Å². The molecule has 1 atom stereocenters. The van der Waals surface area contributed by atoms with E-state index in [-0.39, 0.29) is 6.42 Å². The van der Waals surface area contributed by atoms with Crippen LogP contribution in [0.3, 0.4) is 0 Å². The largest absolute Gasteiger partial charge is 0.467 e. The van der Waals surface area contributed by atoms with Gasteiger partial charge in [0.1, 0.15) is 6.04 Å². The van der Waals surface area contributed by atoms with E-state index in [2.05, 4.69) is 10.1 Å². The van der Waals surface area contributed by atoms with Crippen molar-refractivity contribution in [1.82, 2.24) is 5.32 Å². The van der Waals surface area contributed by atoms with Gasteiger partial charge in [0.15, 0.2) is 0 Å². The van der Waals surface area contributed by atoms with Crippen LogP contribution in [0.1, 0.15) is 13.3 Å². The summed E-state index contributed by atoms with van der Waals surface area (Å²) in [4.78, 5) is 32.0. The van der Waals surface area contributed by atoms with Gasteiger partial charge < -0.3 is 15.8 Å². The van der Waals surface area contributed by atoms with E-state index < -0.39 is 23.8 Å². The molecule has 3 N–H and O–H groups in total. The number of amides is 2. The number of nitrogens with one attached hydrogen (secondary N) is 1. The summed E-state index contributed by atoms with van der Waals surface area (Å²) in [6.45, 7) is 1.23. The normalized spacial score (nSPS) is 11.5. The van der Waals surface area contributed by atoms with E-state index in [1.54, 1.807) is 0 Å². The van der Waals surface area contributed by atoms with Gasteiger partial charge in [0.2, 0.25) is 11.8 Å². The fraction of sp³-hybridized carbons (Fsp3) is 0.571. The first kappa shape index (κ1) is 11.4. The molecule has 6 heteroatoms. The van der Waals surface area contributed by atoms with Crippen molar-refractivity contribution in [2.24, 2.45) is 5.73 Å². The molecule has 6 nitrogen and oxygen atoms in total. The smallest absolute Gasteiger partial charge is 0.328 e. The number of carbonyl (C=O) groups is 3. The van der Waals surface area contributed by atoms with Crippen molar-refractivity contribution in [3.8, 4) is 0 Å². The molecule has 0 bridgehead atoms. The second-order valence-electron chi connectivity index (χ2n) is 2.45. The van der Waals surface area contributed by atoms with Crippen molar-refractivity contribution in [2.75, 3.05) is 7.11 Å². The third kappa shape index (κ3) is 4.78. The summed E-state index contributed by atoms with van der Waals surface area (Å²) in [5, 5.41) is 2.25. The molecule has 0 rings (SSSR count). The van der Waals surface area contributed by atoms with E-state index in [1.165, 1.54) is 6.92 Å². The lowest BCUT2D eigenvalue weighted by atomic mass is 10.2. The van der Waals surface area contributed by atoms with Crippen LogP contribution in [0.2, 0.25) is 0 Å². The minimum Gasteiger partial charge on any atom is -0.467 e. The van der Waals surface area contributed by atoms with Crippen LogP contribution in [-0.4, -0.2) is 30.9 Å². The topological polar surface area (TPSA) is 98.5 Å². The molecule has 0 aliphatic rings. The first-order valence-electron chi connectivity index (χ1n) is 3.60. The van der Waals surface area contributed by atoms with Crippen LogP contribution >= 0.6 is 0 Å². The highest BCUT2D eigenvalue weighted by molar-refractivity contribution is 5.88. The van der Waals surface area contributed by atoms with E-state index >= 15 is 0 Å². The van der Waals surface area contributed by atoms with Crippen LogP contribution in [0, 0.1) is 0 Å². The Kier molecular flexibility index (Phi) is 4.50. The molecular weight excluding hydrogens is 176 g/mol. The molecule has 0 aromatic rings. The maximum absolute atomic E-state index is 10.9. The summed E-state index contributed by atoms with van der Waals surface area (Å²) in [5.41, 5.74) is 4.86. The highest BCUT2D eigenvalue weighted by Crippen LogP contribution is 1.94. The Morgan fingerprint density at radius 3 is 2.31 bits per heavy atom. The van der Waals surface area contributed by atoms with Crippen molar-refractivity contribution in [3.63, 3.8) is 0 Å². The standard InChI is InChI=1S/C7H12N2O4/c1-4(10)9-5(3-6(8)11)7(12)13-2/h5H,3H2,1-2H3,(H2,8,11)(H,9,10). The number of hydrogen-bond donors (Lipinski definition) is 2. The second kappa shape index (κ2) is 5.13. The minimum atomic E-state index is -0.986. The van der Waals surface area contributed by atoms with Crippen molar-refractivity contribution in [2.45, 2.75) is 19.4 Å². The fourth-order valence-electron chi connectivity index (χ4n) is 0.782. The predicted octanol–water partition coefficient (Wildman–Crippen LogP) is -1.46. The third-order valence-corrected chi connectivity index (χ3v) is 1.27. The molecular formula is C7H12N2O4. The summed E-state index contributed by atoms with van der Waals surface area (Å²) in [6, 6.07) is -0.986. The summed E-state index contributed by atoms with van der Waals surface area (Å²) >= 11 is 0. The van der Waals surface area contributed by atoms with Crippen molar-refractivity contribution in [1.29, 1.82) is 0 Å². The number of primary amides is 1. The fourth-order valence-corrected chi connectivity index (χ4v) is 0.782. The molecule has 0 aromatic heterocycles. The predicted molar refractivity (Wildman–Crippen MR) is 43.4 cm³/mol. The van der Waals surface area contributed by atoms with Crippen LogP contribution in [0.5, 0.6) is 0 Å². The molecule has 0 fully saturated rings. The van der Waals surface area contributed by atoms with Crippen LogP contribution in [0.25, 0.3) is 0 Å². The number of hydrogen-bond acceptors (Lipinski definition) is 4. The van der Waals surface area contributed by atoms with Gasteiger partial charge in [0.05, 0.1) is 13.5 Å². The molecule has 0 aliphatic heterocycles. The summed E-state index contributed by atoms with van der Waals surface area (Å²) in [5.74, 6) is -1.78. The average Bonchev–Trinajstić information content (AvgIpc) is 2.00. The lowest BCUT2D eigenvalue weighted by molar-refractivity contribution is -0.146. The van der Waals surface area contributed by atoms with Gasteiger partial charge in [-0.15, -0.1) is 0 Å². The van der Waals surface area contributed by atoms with E-state index in [0.29, 0.717) is 0 Å². The lowest BCUT2D eigenvalue weighted by Gasteiger charge is -2.12. The van der Waals surface area contributed by atoms with Gasteiger partial charge >= 0.3 is 5.97 Å². The minimum absolute atomic E-state index is 0.258. The Hall–Kier alpha value is -1.59. The van der Waals surface area contributed by atoms with E-state index in [1.807, 2.05) is 0 Å². The molecule has 2 amide bonds. The van der Waals surface area contributed by atoms with E-state index in [4.69, 9.17) is 5.73 Å². The molecule has 0 heterocycles. The zero-order valence-electron chi connectivity index (χ0n) is 7.49. The van der Waals surface area contributed by atoms with Gasteiger partial charge in [-0.25, -0.2) is 4.79 Å². The van der Waals surface area contributed by atoms with Gasteiger partial charge in [-0.1, -0.05) is 0 Å².